The van der Waals surface area contributed by atoms with Crippen molar-refractivity contribution in [2.45, 2.75) is 46.6 Å². The van der Waals surface area contributed by atoms with Crippen molar-refractivity contribution in [3.8, 4) is 0 Å². The first-order valence-electron chi connectivity index (χ1n) is 6.22. The number of hydrogen-bond donors (Lipinski definition) is 1. The van der Waals surface area contributed by atoms with Gasteiger partial charge in [-0.1, -0.05) is 20.8 Å². The minimum atomic E-state index is 0.141. The van der Waals surface area contributed by atoms with Crippen LogP contribution in [0.4, 0.5) is 0 Å². The Kier molecular flexibility index (Phi) is 3.48. The fourth-order valence-electron chi connectivity index (χ4n) is 1.81. The Hall–Kier alpha value is -1.29. The lowest BCUT2D eigenvalue weighted by Crippen LogP contribution is -2.16. The summed E-state index contributed by atoms with van der Waals surface area (Å²) in [5.74, 6) is 0. The summed E-state index contributed by atoms with van der Waals surface area (Å²) in [5, 5.41) is 1.19. The SMILES string of the molecule is Cc1ccc(C)n1NCc1cnc(C(C)(C)C)s1. The number of rotatable bonds is 3. The second kappa shape index (κ2) is 4.76. The van der Waals surface area contributed by atoms with Gasteiger partial charge < -0.3 is 5.43 Å². The molecule has 0 aliphatic carbocycles. The molecule has 3 nitrogen and oxygen atoms in total. The van der Waals surface area contributed by atoms with Crippen LogP contribution in [0.25, 0.3) is 0 Å². The maximum absolute atomic E-state index is 4.50. The maximum Gasteiger partial charge on any atom is 0.0981 e. The van der Waals surface area contributed by atoms with Gasteiger partial charge in [0.15, 0.2) is 0 Å². The van der Waals surface area contributed by atoms with E-state index in [9.17, 15) is 0 Å². The Morgan fingerprint density at radius 2 is 1.83 bits per heavy atom. The lowest BCUT2D eigenvalue weighted by atomic mass is 9.98. The maximum atomic E-state index is 4.50. The number of nitrogens with zero attached hydrogens (tertiary/aromatic N) is 2. The quantitative estimate of drug-likeness (QED) is 0.917. The van der Waals surface area contributed by atoms with Crippen molar-refractivity contribution in [2.75, 3.05) is 5.43 Å². The van der Waals surface area contributed by atoms with Crippen molar-refractivity contribution < 1.29 is 0 Å². The van der Waals surface area contributed by atoms with Crippen LogP contribution in [0.2, 0.25) is 0 Å². The molecular formula is C14H21N3S. The first-order chi connectivity index (χ1) is 8.38. The van der Waals surface area contributed by atoms with E-state index in [1.807, 2.05) is 6.20 Å². The molecule has 2 rings (SSSR count). The van der Waals surface area contributed by atoms with Crippen molar-refractivity contribution in [2.24, 2.45) is 0 Å². The lowest BCUT2D eigenvalue weighted by Gasteiger charge is -2.14. The molecule has 98 valence electrons. The summed E-state index contributed by atoms with van der Waals surface area (Å²) in [4.78, 5) is 5.77. The summed E-state index contributed by atoms with van der Waals surface area (Å²) < 4.78 is 2.12. The van der Waals surface area contributed by atoms with E-state index >= 15 is 0 Å². The van der Waals surface area contributed by atoms with Gasteiger partial charge in [0, 0.05) is 27.9 Å². The van der Waals surface area contributed by atoms with Crippen LogP contribution < -0.4 is 5.43 Å². The van der Waals surface area contributed by atoms with Crippen LogP contribution in [0.15, 0.2) is 18.3 Å². The number of nitrogens with one attached hydrogen (secondary N) is 1. The lowest BCUT2D eigenvalue weighted by molar-refractivity contribution is 0.585. The zero-order valence-corrected chi connectivity index (χ0v) is 12.6. The molecule has 0 atom stereocenters. The van der Waals surface area contributed by atoms with Gasteiger partial charge in [-0.3, -0.25) is 4.68 Å². The highest BCUT2D eigenvalue weighted by Crippen LogP contribution is 2.26. The highest BCUT2D eigenvalue weighted by molar-refractivity contribution is 7.11. The highest BCUT2D eigenvalue weighted by Gasteiger charge is 2.17. The second-order valence-electron chi connectivity index (χ2n) is 5.67. The molecule has 0 bridgehead atoms. The van der Waals surface area contributed by atoms with Gasteiger partial charge in [-0.2, -0.15) is 0 Å². The summed E-state index contributed by atoms with van der Waals surface area (Å²) in [6.45, 7) is 11.6. The van der Waals surface area contributed by atoms with Gasteiger partial charge in [0.2, 0.25) is 0 Å². The van der Waals surface area contributed by atoms with E-state index in [0.29, 0.717) is 0 Å². The Labute approximate surface area is 113 Å². The van der Waals surface area contributed by atoms with Gasteiger partial charge in [0.1, 0.15) is 0 Å². The molecule has 0 spiro atoms. The predicted molar refractivity (Wildman–Crippen MR) is 77.8 cm³/mol. The van der Waals surface area contributed by atoms with Crippen LogP contribution in [-0.4, -0.2) is 9.66 Å². The second-order valence-corrected chi connectivity index (χ2v) is 6.78. The summed E-state index contributed by atoms with van der Waals surface area (Å²) in [6.07, 6.45) is 1.98. The molecule has 0 aromatic carbocycles. The summed E-state index contributed by atoms with van der Waals surface area (Å²) in [6, 6.07) is 4.24. The molecule has 0 aliphatic rings. The molecule has 0 aliphatic heterocycles. The van der Waals surface area contributed by atoms with Crippen LogP contribution in [0.1, 0.15) is 42.0 Å². The fraction of sp³-hybridized carbons (Fsp3) is 0.500. The topological polar surface area (TPSA) is 29.9 Å². The Morgan fingerprint density at radius 3 is 2.33 bits per heavy atom. The molecule has 4 heteroatoms. The smallest absolute Gasteiger partial charge is 0.0981 e. The van der Waals surface area contributed by atoms with E-state index in [-0.39, 0.29) is 5.41 Å². The number of hydrogen-bond acceptors (Lipinski definition) is 3. The third-order valence-electron chi connectivity index (χ3n) is 2.88. The van der Waals surface area contributed by atoms with Gasteiger partial charge in [-0.25, -0.2) is 4.98 Å². The van der Waals surface area contributed by atoms with E-state index in [1.165, 1.54) is 21.3 Å². The third-order valence-corrected chi connectivity index (χ3v) is 4.30. The van der Waals surface area contributed by atoms with Crippen molar-refractivity contribution in [1.82, 2.24) is 9.66 Å². The van der Waals surface area contributed by atoms with Gasteiger partial charge in [-0.15, -0.1) is 11.3 Å². The van der Waals surface area contributed by atoms with Gasteiger partial charge >= 0.3 is 0 Å². The van der Waals surface area contributed by atoms with Crippen molar-refractivity contribution in [1.29, 1.82) is 0 Å². The predicted octanol–water partition coefficient (Wildman–Crippen LogP) is 3.60. The Balaban J connectivity index is 2.05. The molecule has 18 heavy (non-hydrogen) atoms. The molecule has 2 aromatic rings. The highest BCUT2D eigenvalue weighted by atomic mass is 32.1. The van der Waals surface area contributed by atoms with Crippen LogP contribution in [-0.2, 0) is 12.0 Å². The van der Waals surface area contributed by atoms with E-state index in [4.69, 9.17) is 0 Å². The van der Waals surface area contributed by atoms with E-state index in [2.05, 4.69) is 61.8 Å². The van der Waals surface area contributed by atoms with Crippen LogP contribution in [0.5, 0.6) is 0 Å². The van der Waals surface area contributed by atoms with Crippen LogP contribution >= 0.6 is 11.3 Å². The molecule has 0 amide bonds. The molecule has 2 heterocycles. The zero-order chi connectivity index (χ0) is 13.3. The monoisotopic (exact) mass is 263 g/mol. The minimum absolute atomic E-state index is 0.141. The molecule has 0 saturated heterocycles. The van der Waals surface area contributed by atoms with Gasteiger partial charge in [-0.05, 0) is 26.0 Å². The number of aromatic nitrogens is 2. The molecular weight excluding hydrogens is 242 g/mol. The van der Waals surface area contributed by atoms with E-state index < -0.39 is 0 Å². The average Bonchev–Trinajstić information content (AvgIpc) is 2.84. The minimum Gasteiger partial charge on any atom is -0.321 e. The van der Waals surface area contributed by atoms with Crippen molar-refractivity contribution in [3.63, 3.8) is 0 Å². The van der Waals surface area contributed by atoms with Crippen molar-refractivity contribution in [3.05, 3.63) is 39.6 Å². The summed E-state index contributed by atoms with van der Waals surface area (Å²) in [5.41, 5.74) is 6.03. The number of thiazole rings is 1. The first-order valence-corrected chi connectivity index (χ1v) is 7.03. The molecule has 0 fully saturated rings. The average molecular weight is 263 g/mol. The normalized spacial score (nSPS) is 11.8. The van der Waals surface area contributed by atoms with Crippen molar-refractivity contribution >= 4 is 11.3 Å². The molecule has 1 N–H and O–H groups in total. The molecule has 0 radical (unpaired) electrons. The fourth-order valence-corrected chi connectivity index (χ4v) is 2.71. The Morgan fingerprint density at radius 1 is 1.22 bits per heavy atom. The van der Waals surface area contributed by atoms with Gasteiger partial charge in [0.25, 0.3) is 0 Å². The molecule has 2 aromatic heterocycles. The standard InChI is InChI=1S/C14H21N3S/c1-10-6-7-11(2)17(10)16-9-12-8-15-13(18-12)14(3,4)5/h6-8,16H,9H2,1-5H3. The summed E-state index contributed by atoms with van der Waals surface area (Å²) in [7, 11) is 0. The zero-order valence-electron chi connectivity index (χ0n) is 11.7. The van der Waals surface area contributed by atoms with Crippen LogP contribution in [0, 0.1) is 13.8 Å². The third kappa shape index (κ3) is 2.75. The number of aryl methyl sites for hydroxylation is 2. The van der Waals surface area contributed by atoms with E-state index in [1.54, 1.807) is 11.3 Å². The summed E-state index contributed by atoms with van der Waals surface area (Å²) >= 11 is 1.79. The molecule has 0 saturated carbocycles. The van der Waals surface area contributed by atoms with Gasteiger partial charge in [0.05, 0.1) is 11.6 Å². The molecule has 0 unspecified atom stereocenters. The largest absolute Gasteiger partial charge is 0.321 e. The Bertz CT molecular complexity index is 512. The first kappa shape index (κ1) is 13.1. The van der Waals surface area contributed by atoms with E-state index in [0.717, 1.165) is 6.54 Å². The van der Waals surface area contributed by atoms with Crippen LogP contribution in [0.3, 0.4) is 0 Å².